The second kappa shape index (κ2) is 6.66. The maximum atomic E-state index is 12.1. The van der Waals surface area contributed by atoms with E-state index in [1.807, 2.05) is 0 Å². The smallest absolute Gasteiger partial charge is 0.275 e. The van der Waals surface area contributed by atoms with E-state index in [1.54, 1.807) is 0 Å². The average molecular weight is 381 g/mol. The van der Waals surface area contributed by atoms with Gasteiger partial charge in [0.2, 0.25) is 0 Å². The minimum Gasteiger partial charge on any atom is -0.320 e. The van der Waals surface area contributed by atoms with E-state index in [1.165, 1.54) is 24.3 Å². The standard InChI is InChI=1S/C12H5Cl4N3O3/c13-7-8(14)10(18-11(16)9(7)15)12(20)17-5-2-1-3-6(4-5)19(21)22/h1-4H,(H,17,20). The van der Waals surface area contributed by atoms with Crippen LogP contribution in [0, 0.1) is 10.1 Å². The molecule has 0 bridgehead atoms. The highest BCUT2D eigenvalue weighted by Crippen LogP contribution is 2.36. The molecule has 22 heavy (non-hydrogen) atoms. The number of nitrogens with one attached hydrogen (secondary N) is 1. The zero-order valence-corrected chi connectivity index (χ0v) is 13.5. The van der Waals surface area contributed by atoms with E-state index in [-0.39, 0.29) is 37.3 Å². The molecule has 0 aliphatic rings. The number of nitro groups is 1. The number of halogens is 4. The zero-order valence-electron chi connectivity index (χ0n) is 10.4. The van der Waals surface area contributed by atoms with Crippen molar-refractivity contribution in [3.05, 3.63) is 60.3 Å². The summed E-state index contributed by atoms with van der Waals surface area (Å²) in [5.41, 5.74) is -0.226. The predicted octanol–water partition coefficient (Wildman–Crippen LogP) is 4.86. The highest BCUT2D eigenvalue weighted by Gasteiger charge is 2.20. The van der Waals surface area contributed by atoms with Gasteiger partial charge in [0.15, 0.2) is 0 Å². The highest BCUT2D eigenvalue weighted by molar-refractivity contribution is 6.52. The van der Waals surface area contributed by atoms with Crippen molar-refractivity contribution in [2.75, 3.05) is 5.32 Å². The Labute approximate surface area is 144 Å². The maximum absolute atomic E-state index is 12.1. The molecule has 10 heteroatoms. The summed E-state index contributed by atoms with van der Waals surface area (Å²) in [6.45, 7) is 0. The van der Waals surface area contributed by atoms with Crippen LogP contribution in [-0.2, 0) is 0 Å². The van der Waals surface area contributed by atoms with Gasteiger partial charge in [-0.1, -0.05) is 52.5 Å². The largest absolute Gasteiger partial charge is 0.320 e. The van der Waals surface area contributed by atoms with Gasteiger partial charge in [0.1, 0.15) is 10.8 Å². The lowest BCUT2D eigenvalue weighted by molar-refractivity contribution is -0.384. The van der Waals surface area contributed by atoms with Crippen molar-refractivity contribution >= 4 is 63.7 Å². The van der Waals surface area contributed by atoms with Gasteiger partial charge in [-0.15, -0.1) is 0 Å². The number of aromatic nitrogens is 1. The molecule has 114 valence electrons. The van der Waals surface area contributed by atoms with E-state index < -0.39 is 10.8 Å². The van der Waals surface area contributed by atoms with Gasteiger partial charge in [-0.25, -0.2) is 4.98 Å². The lowest BCUT2D eigenvalue weighted by Crippen LogP contribution is -2.15. The second-order valence-electron chi connectivity index (χ2n) is 3.95. The van der Waals surface area contributed by atoms with Crippen molar-refractivity contribution < 1.29 is 9.72 Å². The summed E-state index contributed by atoms with van der Waals surface area (Å²) in [7, 11) is 0. The Balaban J connectivity index is 2.34. The summed E-state index contributed by atoms with van der Waals surface area (Å²) < 4.78 is 0. The number of rotatable bonds is 3. The Bertz CT molecular complexity index is 782. The Morgan fingerprint density at radius 3 is 2.45 bits per heavy atom. The summed E-state index contributed by atoms with van der Waals surface area (Å²) in [5, 5.41) is 12.6. The summed E-state index contributed by atoms with van der Waals surface area (Å²) >= 11 is 23.3. The number of hydrogen-bond acceptors (Lipinski definition) is 4. The first kappa shape index (κ1) is 16.8. The van der Waals surface area contributed by atoms with Gasteiger partial charge in [0, 0.05) is 17.8 Å². The molecule has 2 rings (SSSR count). The number of benzene rings is 1. The van der Waals surface area contributed by atoms with Crippen LogP contribution in [-0.4, -0.2) is 15.8 Å². The maximum Gasteiger partial charge on any atom is 0.275 e. The summed E-state index contributed by atoms with van der Waals surface area (Å²) in [6.07, 6.45) is 0. The van der Waals surface area contributed by atoms with Gasteiger partial charge in [0.05, 0.1) is 20.0 Å². The molecular formula is C12H5Cl4N3O3. The second-order valence-corrected chi connectivity index (χ2v) is 5.45. The number of non-ortho nitro benzene ring substituents is 1. The lowest BCUT2D eigenvalue weighted by atomic mass is 10.2. The van der Waals surface area contributed by atoms with Crippen LogP contribution in [0.5, 0.6) is 0 Å². The number of anilines is 1. The summed E-state index contributed by atoms with van der Waals surface area (Å²) in [5.74, 6) is -0.731. The molecule has 0 fully saturated rings. The quantitative estimate of drug-likeness (QED) is 0.468. The van der Waals surface area contributed by atoms with E-state index in [4.69, 9.17) is 46.4 Å². The Kier molecular flexibility index (Phi) is 5.08. The number of carbonyl (C=O) groups excluding carboxylic acids is 1. The molecule has 2 aromatic rings. The van der Waals surface area contributed by atoms with Crippen LogP contribution in [0.1, 0.15) is 10.5 Å². The van der Waals surface area contributed by atoms with Gasteiger partial charge in [0.25, 0.3) is 11.6 Å². The molecule has 0 radical (unpaired) electrons. The number of amides is 1. The number of nitrogens with zero attached hydrogens (tertiary/aromatic N) is 2. The third kappa shape index (κ3) is 3.41. The number of nitro benzene ring substituents is 1. The summed E-state index contributed by atoms with van der Waals surface area (Å²) in [6, 6.07) is 5.37. The topological polar surface area (TPSA) is 85.1 Å². The molecule has 6 nitrogen and oxygen atoms in total. The average Bonchev–Trinajstić information content (AvgIpc) is 2.49. The van der Waals surface area contributed by atoms with E-state index >= 15 is 0 Å². The van der Waals surface area contributed by atoms with Gasteiger partial charge >= 0.3 is 0 Å². The van der Waals surface area contributed by atoms with Crippen LogP contribution in [0.15, 0.2) is 24.3 Å². The van der Waals surface area contributed by atoms with Crippen molar-refractivity contribution in [2.24, 2.45) is 0 Å². The first-order valence-corrected chi connectivity index (χ1v) is 7.08. The van der Waals surface area contributed by atoms with Crippen molar-refractivity contribution in [1.82, 2.24) is 4.98 Å². The number of pyridine rings is 1. The van der Waals surface area contributed by atoms with Gasteiger partial charge < -0.3 is 5.32 Å². The van der Waals surface area contributed by atoms with Crippen molar-refractivity contribution in [3.63, 3.8) is 0 Å². The van der Waals surface area contributed by atoms with Crippen LogP contribution in [0.2, 0.25) is 20.2 Å². The van der Waals surface area contributed by atoms with E-state index in [2.05, 4.69) is 10.3 Å². The van der Waals surface area contributed by atoms with Crippen molar-refractivity contribution in [1.29, 1.82) is 0 Å². The van der Waals surface area contributed by atoms with Gasteiger partial charge in [-0.05, 0) is 6.07 Å². The Hall–Kier alpha value is -1.60. The Morgan fingerprint density at radius 2 is 1.82 bits per heavy atom. The number of hydrogen-bond donors (Lipinski definition) is 1. The van der Waals surface area contributed by atoms with Crippen molar-refractivity contribution in [3.8, 4) is 0 Å². The fraction of sp³-hybridized carbons (Fsp3) is 0. The molecule has 1 amide bonds. The number of carbonyl (C=O) groups is 1. The molecule has 0 unspecified atom stereocenters. The molecule has 1 heterocycles. The van der Waals surface area contributed by atoms with Crippen LogP contribution in [0.25, 0.3) is 0 Å². The molecule has 0 atom stereocenters. The first-order valence-electron chi connectivity index (χ1n) is 5.57. The molecule has 1 N–H and O–H groups in total. The SMILES string of the molecule is O=C(Nc1cccc([N+](=O)[O-])c1)c1nc(Cl)c(Cl)c(Cl)c1Cl. The highest BCUT2D eigenvalue weighted by atomic mass is 35.5. The summed E-state index contributed by atoms with van der Waals surface area (Å²) in [4.78, 5) is 26.0. The molecule has 1 aromatic carbocycles. The molecule has 0 saturated carbocycles. The Morgan fingerprint density at radius 1 is 1.14 bits per heavy atom. The van der Waals surface area contributed by atoms with Crippen LogP contribution >= 0.6 is 46.4 Å². The van der Waals surface area contributed by atoms with E-state index in [0.717, 1.165) is 0 Å². The predicted molar refractivity (Wildman–Crippen MR) is 85.3 cm³/mol. The fourth-order valence-electron chi connectivity index (χ4n) is 1.53. The molecule has 0 aliphatic heterocycles. The first-order chi connectivity index (χ1) is 10.3. The fourth-order valence-corrected chi connectivity index (χ4v) is 2.34. The van der Waals surface area contributed by atoms with E-state index in [0.29, 0.717) is 0 Å². The molecule has 0 spiro atoms. The van der Waals surface area contributed by atoms with Crippen LogP contribution in [0.4, 0.5) is 11.4 Å². The third-order valence-corrected chi connectivity index (χ3v) is 4.19. The van der Waals surface area contributed by atoms with Crippen LogP contribution < -0.4 is 5.32 Å². The van der Waals surface area contributed by atoms with Crippen molar-refractivity contribution in [2.45, 2.75) is 0 Å². The molecular weight excluding hydrogens is 376 g/mol. The molecule has 1 aromatic heterocycles. The van der Waals surface area contributed by atoms with Crippen LogP contribution in [0.3, 0.4) is 0 Å². The third-order valence-electron chi connectivity index (χ3n) is 2.51. The minimum atomic E-state index is -0.731. The molecule has 0 aliphatic carbocycles. The van der Waals surface area contributed by atoms with Gasteiger partial charge in [-0.3, -0.25) is 14.9 Å². The van der Waals surface area contributed by atoms with E-state index in [9.17, 15) is 14.9 Å². The monoisotopic (exact) mass is 379 g/mol. The lowest BCUT2D eigenvalue weighted by Gasteiger charge is -2.09. The zero-order chi connectivity index (χ0) is 16.4. The minimum absolute atomic E-state index is 0.0692. The normalized spacial score (nSPS) is 10.4. The van der Waals surface area contributed by atoms with Gasteiger partial charge in [-0.2, -0.15) is 0 Å². The molecule has 0 saturated heterocycles.